The van der Waals surface area contributed by atoms with E-state index in [2.05, 4.69) is 14.5 Å². The molecule has 0 aromatic heterocycles. The number of sulfonamides is 1. The number of halogens is 2. The van der Waals surface area contributed by atoms with Crippen LogP contribution in [0.2, 0.25) is 0 Å². The zero-order valence-electron chi connectivity index (χ0n) is 23.0. The fourth-order valence-electron chi connectivity index (χ4n) is 6.37. The molecule has 2 aliphatic heterocycles. The summed E-state index contributed by atoms with van der Waals surface area (Å²) >= 11 is 0. The second-order valence-electron chi connectivity index (χ2n) is 11.9. The Kier molecular flexibility index (Phi) is 6.61. The maximum absolute atomic E-state index is 14.4. The molecule has 2 fully saturated rings. The minimum absolute atomic E-state index is 0.0350. The third kappa shape index (κ3) is 5.30. The molecule has 11 heteroatoms. The lowest BCUT2D eigenvalue weighted by atomic mass is 9.74. The van der Waals surface area contributed by atoms with Gasteiger partial charge in [0.05, 0.1) is 21.2 Å². The molecule has 0 amide bonds. The molecule has 7 nitrogen and oxygen atoms in total. The normalized spacial score (nSPS) is 23.5. The van der Waals surface area contributed by atoms with Crippen molar-refractivity contribution in [2.45, 2.75) is 47.1 Å². The van der Waals surface area contributed by atoms with Crippen LogP contribution >= 0.6 is 0 Å². The van der Waals surface area contributed by atoms with Crippen molar-refractivity contribution in [1.29, 1.82) is 0 Å². The summed E-state index contributed by atoms with van der Waals surface area (Å²) in [6.45, 7) is 4.24. The highest BCUT2D eigenvalue weighted by Gasteiger charge is 2.53. The topological polar surface area (TPSA) is 86.8 Å². The fourth-order valence-corrected chi connectivity index (χ4v) is 8.07. The summed E-state index contributed by atoms with van der Waals surface area (Å²) in [5.41, 5.74) is 1.81. The zero-order valence-corrected chi connectivity index (χ0v) is 24.6. The molecule has 2 heterocycles. The highest BCUT2D eigenvalue weighted by Crippen LogP contribution is 2.52. The number of fused-ring (bicyclic) bond motifs is 2. The van der Waals surface area contributed by atoms with Crippen molar-refractivity contribution in [2.75, 3.05) is 47.0 Å². The van der Waals surface area contributed by atoms with Gasteiger partial charge < -0.3 is 9.80 Å². The van der Waals surface area contributed by atoms with Crippen LogP contribution in [0.1, 0.15) is 31.7 Å². The molecule has 3 aromatic carbocycles. The molecule has 2 unspecified atom stereocenters. The molecule has 1 saturated carbocycles. The van der Waals surface area contributed by atoms with Gasteiger partial charge in [-0.2, -0.15) is 0 Å². The quantitative estimate of drug-likeness (QED) is 0.404. The number of nitrogens with zero attached hydrogens (tertiary/aromatic N) is 2. The number of hydrogen-bond acceptors (Lipinski definition) is 6. The zero-order chi connectivity index (χ0) is 29.2. The average Bonchev–Trinajstić information content (AvgIpc) is 3.42. The van der Waals surface area contributed by atoms with Crippen molar-refractivity contribution in [3.63, 3.8) is 0 Å². The van der Waals surface area contributed by atoms with E-state index in [0.29, 0.717) is 38.3 Å². The largest absolute Gasteiger partial charge is 0.370 e. The van der Waals surface area contributed by atoms with Crippen molar-refractivity contribution in [3.05, 3.63) is 78.1 Å². The van der Waals surface area contributed by atoms with E-state index >= 15 is 0 Å². The van der Waals surface area contributed by atoms with Gasteiger partial charge in [0.25, 0.3) is 10.0 Å². The molecule has 1 aliphatic carbocycles. The number of hydrogen-bond donors (Lipinski definition) is 1. The van der Waals surface area contributed by atoms with Crippen LogP contribution in [0.5, 0.6) is 0 Å². The first-order valence-electron chi connectivity index (χ1n) is 13.7. The highest BCUT2D eigenvalue weighted by atomic mass is 32.2. The Labute approximate surface area is 240 Å². The van der Waals surface area contributed by atoms with Gasteiger partial charge in [-0.25, -0.2) is 25.6 Å². The van der Waals surface area contributed by atoms with Crippen LogP contribution in [0, 0.1) is 11.7 Å². The van der Waals surface area contributed by atoms with Gasteiger partial charge in [-0.1, -0.05) is 18.2 Å². The average molecular weight is 602 g/mol. The fraction of sp³-hybridized carbons (Fsp3) is 0.400. The predicted molar refractivity (Wildman–Crippen MR) is 156 cm³/mol. The number of sulfone groups is 1. The van der Waals surface area contributed by atoms with Gasteiger partial charge in [-0.05, 0) is 80.3 Å². The van der Waals surface area contributed by atoms with Crippen LogP contribution in [-0.2, 0) is 25.3 Å². The molecule has 3 aromatic rings. The van der Waals surface area contributed by atoms with E-state index in [4.69, 9.17) is 0 Å². The molecule has 1 N–H and O–H groups in total. The first kappa shape index (κ1) is 28.0. The molecular formula is C30H33F2N3O4S2. The Morgan fingerprint density at radius 1 is 0.927 bits per heavy atom. The molecule has 0 radical (unpaired) electrons. The predicted octanol–water partition coefficient (Wildman–Crippen LogP) is 5.14. The molecule has 1 saturated heterocycles. The third-order valence-corrected chi connectivity index (χ3v) is 11.4. The summed E-state index contributed by atoms with van der Waals surface area (Å²) in [4.78, 5) is 4.32. The van der Waals surface area contributed by atoms with E-state index in [1.165, 1.54) is 30.3 Å². The molecule has 1 spiro atoms. The van der Waals surface area contributed by atoms with E-state index in [9.17, 15) is 25.6 Å². The summed E-state index contributed by atoms with van der Waals surface area (Å²) in [5, 5.41) is 0. The number of para-hydroxylation sites is 2. The van der Waals surface area contributed by atoms with E-state index in [0.717, 1.165) is 36.0 Å². The monoisotopic (exact) mass is 601 g/mol. The van der Waals surface area contributed by atoms with Crippen LogP contribution in [0.4, 0.5) is 25.8 Å². The van der Waals surface area contributed by atoms with E-state index in [1.54, 1.807) is 25.1 Å². The van der Waals surface area contributed by atoms with Crippen LogP contribution in [-0.4, -0.2) is 54.9 Å². The minimum atomic E-state index is -3.97. The number of nitrogens with one attached hydrogen (secondary N) is 1. The number of benzene rings is 3. The molecule has 218 valence electrons. The van der Waals surface area contributed by atoms with Crippen LogP contribution in [0.15, 0.2) is 76.5 Å². The van der Waals surface area contributed by atoms with Gasteiger partial charge in [0.2, 0.25) is 0 Å². The lowest BCUT2D eigenvalue weighted by Gasteiger charge is -2.41. The summed E-state index contributed by atoms with van der Waals surface area (Å²) in [6.07, 6.45) is 3.17. The standard InChI is InChI=1S/C30H33F2N3O4S2/c1-29(32)18-21(29)19-35-20-30(25-12-7-22(31)17-28(25)35)13-15-34(16-14-30)27-6-4-3-5-26(27)33-41(38,39)24-10-8-23(9-11-24)40(2,36)37/h3-12,17,21,33H,13-16,18-20H2,1-2H3. The van der Waals surface area contributed by atoms with Crippen LogP contribution in [0.25, 0.3) is 0 Å². The minimum Gasteiger partial charge on any atom is -0.370 e. The summed E-state index contributed by atoms with van der Waals surface area (Å²) < 4.78 is 81.3. The molecule has 2 atom stereocenters. The van der Waals surface area contributed by atoms with E-state index in [-0.39, 0.29) is 26.9 Å². The van der Waals surface area contributed by atoms with Crippen molar-refractivity contribution < 1.29 is 25.6 Å². The van der Waals surface area contributed by atoms with Crippen molar-refractivity contribution in [3.8, 4) is 0 Å². The lowest BCUT2D eigenvalue weighted by Crippen LogP contribution is -2.45. The lowest BCUT2D eigenvalue weighted by molar-refractivity contribution is 0.305. The number of anilines is 3. The summed E-state index contributed by atoms with van der Waals surface area (Å²) in [6, 6.07) is 17.3. The van der Waals surface area contributed by atoms with Gasteiger partial charge in [-0.15, -0.1) is 0 Å². The number of piperidine rings is 1. The van der Waals surface area contributed by atoms with Gasteiger partial charge in [0.15, 0.2) is 9.84 Å². The van der Waals surface area contributed by atoms with E-state index in [1.807, 2.05) is 18.2 Å². The van der Waals surface area contributed by atoms with E-state index < -0.39 is 25.5 Å². The maximum atomic E-state index is 14.4. The molecular weight excluding hydrogens is 568 g/mol. The Morgan fingerprint density at radius 3 is 2.20 bits per heavy atom. The maximum Gasteiger partial charge on any atom is 0.261 e. The van der Waals surface area contributed by atoms with Gasteiger partial charge >= 0.3 is 0 Å². The SMILES string of the molecule is CC1(F)CC1CN1CC2(CCN(c3ccccc3NS(=O)(=O)c3ccc(S(C)(=O)=O)cc3)CC2)c2ccc(F)cc21. The van der Waals surface area contributed by atoms with Crippen molar-refractivity contribution >= 4 is 36.9 Å². The third-order valence-electron chi connectivity index (χ3n) is 8.91. The molecule has 41 heavy (non-hydrogen) atoms. The first-order chi connectivity index (χ1) is 19.3. The summed E-state index contributed by atoms with van der Waals surface area (Å²) in [7, 11) is -7.42. The second kappa shape index (κ2) is 9.69. The number of alkyl halides is 1. The first-order valence-corrected chi connectivity index (χ1v) is 17.1. The van der Waals surface area contributed by atoms with Gasteiger partial charge in [-0.3, -0.25) is 4.72 Å². The second-order valence-corrected chi connectivity index (χ2v) is 15.6. The molecule has 0 bridgehead atoms. The Balaban J connectivity index is 1.20. The highest BCUT2D eigenvalue weighted by molar-refractivity contribution is 7.92. The smallest absolute Gasteiger partial charge is 0.261 e. The Bertz CT molecular complexity index is 1700. The van der Waals surface area contributed by atoms with Crippen molar-refractivity contribution in [1.82, 2.24) is 0 Å². The van der Waals surface area contributed by atoms with Crippen molar-refractivity contribution in [2.24, 2.45) is 5.92 Å². The molecule has 3 aliphatic rings. The van der Waals surface area contributed by atoms with Gasteiger partial charge in [0, 0.05) is 49.5 Å². The Morgan fingerprint density at radius 2 is 1.56 bits per heavy atom. The number of rotatable bonds is 7. The Hall–Kier alpha value is -3.18. The summed E-state index contributed by atoms with van der Waals surface area (Å²) in [5.74, 6) is -0.342. The van der Waals surface area contributed by atoms with Crippen LogP contribution in [0.3, 0.4) is 0 Å². The van der Waals surface area contributed by atoms with Gasteiger partial charge in [0.1, 0.15) is 11.5 Å². The molecule has 6 rings (SSSR count). The van der Waals surface area contributed by atoms with Crippen LogP contribution < -0.4 is 14.5 Å².